The minimum Gasteiger partial charge on any atom is -0.313 e. The van der Waals surface area contributed by atoms with Crippen LogP contribution in [0.25, 0.3) is 0 Å². The molecule has 41 heavy (non-hydrogen) atoms. The van der Waals surface area contributed by atoms with Gasteiger partial charge in [-0.2, -0.15) is 0 Å². The Morgan fingerprint density at radius 3 is 2.10 bits per heavy atom. The Bertz CT molecular complexity index is 1220. The zero-order valence-corrected chi connectivity index (χ0v) is 27.4. The molecule has 0 spiro atoms. The molecule has 0 N–H and O–H groups in total. The van der Waals surface area contributed by atoms with Gasteiger partial charge in [-0.25, -0.2) is 0 Å². The van der Waals surface area contributed by atoms with Gasteiger partial charge in [-0.15, -0.1) is 0 Å². The standard InChI is InChI=1S/C39H55OP/c1-28(2)13-12-14-29(3)35-21-22-36-34-20-19-30-27-33(23-25-38(30,4)37(34)24-26-39(35,36)5)41(40,31-15-8-6-9-16-31)32-17-10-7-11-18-32/h6-11,15-19,28-29,33-37H,12-14,20-27H2,1-5H3/t29-,33-,34-,35+,36-,37-,38-,39+/m0/s1. The summed E-state index contributed by atoms with van der Waals surface area (Å²) >= 11 is 0. The van der Waals surface area contributed by atoms with Gasteiger partial charge < -0.3 is 4.57 Å². The summed E-state index contributed by atoms with van der Waals surface area (Å²) in [5, 5.41) is 2.09. The summed E-state index contributed by atoms with van der Waals surface area (Å²) in [4.78, 5) is 0. The number of rotatable bonds is 8. The molecule has 0 heterocycles. The molecule has 1 nitrogen and oxygen atoms in total. The average Bonchev–Trinajstić information content (AvgIpc) is 3.34. The third kappa shape index (κ3) is 5.05. The van der Waals surface area contributed by atoms with E-state index in [1.54, 1.807) is 5.57 Å². The van der Waals surface area contributed by atoms with E-state index < -0.39 is 7.14 Å². The Balaban J connectivity index is 1.24. The van der Waals surface area contributed by atoms with Gasteiger partial charge in [0, 0.05) is 16.3 Å². The van der Waals surface area contributed by atoms with Crippen LogP contribution < -0.4 is 10.6 Å². The van der Waals surface area contributed by atoms with Gasteiger partial charge >= 0.3 is 0 Å². The first-order valence-electron chi connectivity index (χ1n) is 17.1. The highest BCUT2D eigenvalue weighted by Crippen LogP contribution is 2.69. The summed E-state index contributed by atoms with van der Waals surface area (Å²) in [7, 11) is -2.73. The number of hydrogen-bond acceptors (Lipinski definition) is 1. The highest BCUT2D eigenvalue weighted by atomic mass is 31.2. The Hall–Kier alpha value is -1.59. The van der Waals surface area contributed by atoms with E-state index in [1.165, 1.54) is 57.8 Å². The van der Waals surface area contributed by atoms with E-state index >= 15 is 4.57 Å². The number of hydrogen-bond donors (Lipinski definition) is 0. The molecule has 4 aliphatic carbocycles. The number of benzene rings is 2. The largest absolute Gasteiger partial charge is 0.313 e. The second kappa shape index (κ2) is 11.5. The normalized spacial score (nSPS) is 35.8. The molecule has 3 fully saturated rings. The molecule has 4 aliphatic rings. The van der Waals surface area contributed by atoms with Crippen LogP contribution >= 0.6 is 7.14 Å². The van der Waals surface area contributed by atoms with Crippen LogP contribution in [0.2, 0.25) is 0 Å². The first kappa shape index (κ1) is 29.5. The Morgan fingerprint density at radius 1 is 0.805 bits per heavy atom. The first-order valence-corrected chi connectivity index (χ1v) is 18.9. The van der Waals surface area contributed by atoms with Gasteiger partial charge in [-0.1, -0.05) is 126 Å². The van der Waals surface area contributed by atoms with Gasteiger partial charge in [0.05, 0.1) is 0 Å². The van der Waals surface area contributed by atoms with Gasteiger partial charge in [0.1, 0.15) is 7.14 Å². The van der Waals surface area contributed by atoms with Crippen LogP contribution in [-0.2, 0) is 4.57 Å². The summed E-state index contributed by atoms with van der Waals surface area (Å²) in [5.74, 6) is 5.17. The van der Waals surface area contributed by atoms with E-state index in [1.807, 2.05) is 0 Å². The minimum absolute atomic E-state index is 0.208. The highest BCUT2D eigenvalue weighted by Gasteiger charge is 2.59. The fraction of sp³-hybridized carbons (Fsp3) is 0.641. The van der Waals surface area contributed by atoms with E-state index in [2.05, 4.69) is 101 Å². The monoisotopic (exact) mass is 570 g/mol. The third-order valence-corrected chi connectivity index (χ3v) is 16.7. The Kier molecular flexibility index (Phi) is 8.26. The van der Waals surface area contributed by atoms with Crippen molar-refractivity contribution >= 4 is 17.8 Å². The van der Waals surface area contributed by atoms with Gasteiger partial charge in [-0.3, -0.25) is 0 Å². The second-order valence-corrected chi connectivity index (χ2v) is 18.6. The lowest BCUT2D eigenvalue weighted by molar-refractivity contribution is -0.0498. The van der Waals surface area contributed by atoms with Crippen LogP contribution in [0.15, 0.2) is 72.3 Å². The van der Waals surface area contributed by atoms with Gasteiger partial charge in [-0.05, 0) is 97.7 Å². The maximum absolute atomic E-state index is 15.2. The summed E-state index contributed by atoms with van der Waals surface area (Å²) in [6.07, 6.45) is 17.2. The topological polar surface area (TPSA) is 17.1 Å². The molecule has 222 valence electrons. The Morgan fingerprint density at radius 2 is 1.46 bits per heavy atom. The van der Waals surface area contributed by atoms with Crippen molar-refractivity contribution in [3.63, 3.8) is 0 Å². The molecule has 3 saturated carbocycles. The zero-order valence-electron chi connectivity index (χ0n) is 26.5. The quantitative estimate of drug-likeness (QED) is 0.228. The number of allylic oxidation sites excluding steroid dienone is 2. The molecule has 2 aromatic rings. The lowest BCUT2D eigenvalue weighted by Gasteiger charge is -2.59. The van der Waals surface area contributed by atoms with Crippen molar-refractivity contribution in [3.05, 3.63) is 72.3 Å². The fourth-order valence-electron chi connectivity index (χ4n) is 10.8. The van der Waals surface area contributed by atoms with Crippen LogP contribution in [0.5, 0.6) is 0 Å². The van der Waals surface area contributed by atoms with Crippen LogP contribution in [0.4, 0.5) is 0 Å². The van der Waals surface area contributed by atoms with E-state index in [-0.39, 0.29) is 5.66 Å². The maximum atomic E-state index is 15.2. The van der Waals surface area contributed by atoms with E-state index in [0.717, 1.165) is 59.0 Å². The molecule has 0 aliphatic heterocycles. The van der Waals surface area contributed by atoms with Crippen molar-refractivity contribution in [3.8, 4) is 0 Å². The van der Waals surface area contributed by atoms with E-state index in [0.29, 0.717) is 10.8 Å². The lowest BCUT2D eigenvalue weighted by Crippen LogP contribution is -2.51. The van der Waals surface area contributed by atoms with Crippen LogP contribution in [0.3, 0.4) is 0 Å². The highest BCUT2D eigenvalue weighted by molar-refractivity contribution is 7.79. The van der Waals surface area contributed by atoms with Crippen LogP contribution in [0.1, 0.15) is 105 Å². The van der Waals surface area contributed by atoms with Crippen LogP contribution in [0, 0.1) is 46.3 Å². The summed E-state index contributed by atoms with van der Waals surface area (Å²) in [5.41, 5.74) is 2.69. The molecule has 8 atom stereocenters. The molecule has 0 aromatic heterocycles. The van der Waals surface area contributed by atoms with Gasteiger partial charge in [0.25, 0.3) is 0 Å². The van der Waals surface area contributed by atoms with E-state index in [9.17, 15) is 0 Å². The van der Waals surface area contributed by atoms with Crippen molar-refractivity contribution in [2.45, 2.75) is 111 Å². The maximum Gasteiger partial charge on any atom is 0.146 e. The van der Waals surface area contributed by atoms with Gasteiger partial charge in [0.15, 0.2) is 0 Å². The summed E-state index contributed by atoms with van der Waals surface area (Å²) < 4.78 is 15.2. The number of fused-ring (bicyclic) bond motifs is 5. The Labute approximate surface area is 251 Å². The first-order chi connectivity index (χ1) is 19.7. The fourth-order valence-corrected chi connectivity index (χ4v) is 14.2. The molecule has 2 heteroatoms. The molecule has 6 rings (SSSR count). The lowest BCUT2D eigenvalue weighted by atomic mass is 9.47. The molecule has 2 aromatic carbocycles. The third-order valence-electron chi connectivity index (χ3n) is 13.1. The predicted molar refractivity (Wildman–Crippen MR) is 177 cm³/mol. The molecule has 0 radical (unpaired) electrons. The predicted octanol–water partition coefficient (Wildman–Crippen LogP) is 10.4. The van der Waals surface area contributed by atoms with Crippen molar-refractivity contribution in [1.29, 1.82) is 0 Å². The molecular formula is C39H55OP. The van der Waals surface area contributed by atoms with Crippen molar-refractivity contribution in [2.24, 2.45) is 46.3 Å². The molecule has 0 bridgehead atoms. The van der Waals surface area contributed by atoms with Crippen molar-refractivity contribution in [2.75, 3.05) is 0 Å². The van der Waals surface area contributed by atoms with Gasteiger partial charge in [0.2, 0.25) is 0 Å². The smallest absolute Gasteiger partial charge is 0.146 e. The minimum atomic E-state index is -2.73. The van der Waals surface area contributed by atoms with Crippen molar-refractivity contribution in [1.82, 2.24) is 0 Å². The van der Waals surface area contributed by atoms with E-state index in [4.69, 9.17) is 0 Å². The van der Waals surface area contributed by atoms with Crippen molar-refractivity contribution < 1.29 is 4.57 Å². The zero-order chi connectivity index (χ0) is 28.8. The molecule has 0 saturated heterocycles. The molecule has 0 unspecified atom stereocenters. The molecule has 0 amide bonds. The summed E-state index contributed by atoms with van der Waals surface area (Å²) in [6, 6.07) is 20.9. The second-order valence-electron chi connectivity index (χ2n) is 15.5. The van der Waals surface area contributed by atoms with Crippen LogP contribution in [-0.4, -0.2) is 5.66 Å². The molecular weight excluding hydrogens is 515 g/mol. The summed E-state index contributed by atoms with van der Waals surface area (Å²) in [6.45, 7) is 12.7. The average molecular weight is 571 g/mol. The SMILES string of the molecule is CC(C)CCC[C@H](C)[C@H]1CC[C@H]2[C@@H]3CC=C4C[C@@H](P(=O)(c5ccccc5)c5ccccc5)CC[C@]4(C)[C@H]3CC[C@]12C.